The molecule has 1 saturated carbocycles. The fourth-order valence-corrected chi connectivity index (χ4v) is 2.61. The van der Waals surface area contributed by atoms with Gasteiger partial charge in [0, 0.05) is 36.1 Å². The van der Waals surface area contributed by atoms with E-state index in [1.165, 1.54) is 25.0 Å². The first-order chi connectivity index (χ1) is 9.35. The summed E-state index contributed by atoms with van der Waals surface area (Å²) in [6.07, 6.45) is 7.01. The number of hydrogen-bond donors (Lipinski definition) is 3. The van der Waals surface area contributed by atoms with Crippen molar-refractivity contribution in [3.63, 3.8) is 0 Å². The van der Waals surface area contributed by atoms with Crippen molar-refractivity contribution in [2.45, 2.75) is 31.2 Å². The van der Waals surface area contributed by atoms with Crippen molar-refractivity contribution in [3.8, 4) is 0 Å². The van der Waals surface area contributed by atoms with Crippen molar-refractivity contribution in [1.82, 2.24) is 25.5 Å². The third kappa shape index (κ3) is 2.73. The van der Waals surface area contributed by atoms with Crippen LogP contribution in [-0.4, -0.2) is 33.3 Å². The van der Waals surface area contributed by atoms with E-state index in [-0.39, 0.29) is 0 Å². The quantitative estimate of drug-likeness (QED) is 0.779. The second-order valence-electron chi connectivity index (χ2n) is 4.90. The third-order valence-electron chi connectivity index (χ3n) is 3.68. The second kappa shape index (κ2) is 5.36. The van der Waals surface area contributed by atoms with Crippen molar-refractivity contribution in [3.05, 3.63) is 30.2 Å². The summed E-state index contributed by atoms with van der Waals surface area (Å²) in [5, 5.41) is 13.8. The van der Waals surface area contributed by atoms with Gasteiger partial charge in [-0.2, -0.15) is 5.10 Å². The van der Waals surface area contributed by atoms with Gasteiger partial charge < -0.3 is 10.6 Å². The van der Waals surface area contributed by atoms with Gasteiger partial charge in [0.1, 0.15) is 0 Å². The molecule has 1 fully saturated rings. The van der Waals surface area contributed by atoms with Crippen LogP contribution in [-0.2, 0) is 0 Å². The van der Waals surface area contributed by atoms with Gasteiger partial charge in [0.25, 0.3) is 0 Å². The number of hydrogen-bond acceptors (Lipinski definition) is 5. The van der Waals surface area contributed by atoms with Crippen LogP contribution in [0.4, 0.5) is 11.8 Å². The van der Waals surface area contributed by atoms with Crippen molar-refractivity contribution < 1.29 is 0 Å². The number of aromatic nitrogens is 4. The van der Waals surface area contributed by atoms with Gasteiger partial charge in [-0.1, -0.05) is 0 Å². The van der Waals surface area contributed by atoms with Crippen LogP contribution >= 0.6 is 0 Å². The Hall–Kier alpha value is -1.95. The zero-order valence-electron chi connectivity index (χ0n) is 10.9. The molecule has 6 heteroatoms. The average Bonchev–Trinajstić information content (AvgIpc) is 3.08. The molecule has 2 aromatic heterocycles. The molecular weight excluding hydrogens is 240 g/mol. The Morgan fingerprint density at radius 1 is 1.26 bits per heavy atom. The molecule has 0 bridgehead atoms. The summed E-state index contributed by atoms with van der Waals surface area (Å²) < 4.78 is 0. The zero-order valence-corrected chi connectivity index (χ0v) is 10.9. The molecule has 3 N–H and O–H groups in total. The van der Waals surface area contributed by atoms with Crippen LogP contribution < -0.4 is 10.6 Å². The lowest BCUT2D eigenvalue weighted by atomic mass is 10.0. The van der Waals surface area contributed by atoms with Crippen LogP contribution in [0.25, 0.3) is 0 Å². The molecule has 2 aromatic rings. The molecule has 19 heavy (non-hydrogen) atoms. The van der Waals surface area contributed by atoms with Crippen molar-refractivity contribution >= 4 is 11.8 Å². The maximum atomic E-state index is 4.27. The largest absolute Gasteiger partial charge is 0.317 e. The van der Waals surface area contributed by atoms with Gasteiger partial charge in [-0.25, -0.2) is 9.97 Å². The lowest BCUT2D eigenvalue weighted by Crippen LogP contribution is -2.21. The third-order valence-corrected chi connectivity index (χ3v) is 3.68. The van der Waals surface area contributed by atoms with Crippen LogP contribution in [0.3, 0.4) is 0 Å². The predicted octanol–water partition coefficient (Wildman–Crippen LogP) is 1.80. The number of nitrogens with zero attached hydrogens (tertiary/aromatic N) is 3. The molecule has 3 rings (SSSR count). The molecule has 0 amide bonds. The fourth-order valence-electron chi connectivity index (χ4n) is 2.61. The first-order valence-electron chi connectivity index (χ1n) is 6.62. The molecule has 100 valence electrons. The highest BCUT2D eigenvalue weighted by molar-refractivity contribution is 5.47. The van der Waals surface area contributed by atoms with Crippen LogP contribution in [0, 0.1) is 0 Å². The summed E-state index contributed by atoms with van der Waals surface area (Å²) in [4.78, 5) is 8.24. The van der Waals surface area contributed by atoms with Gasteiger partial charge >= 0.3 is 0 Å². The minimum Gasteiger partial charge on any atom is -0.317 e. The SMILES string of the molecule is CNC1CCC(c2cc(Nc3ncccn3)n[nH]2)C1. The lowest BCUT2D eigenvalue weighted by molar-refractivity contribution is 0.569. The summed E-state index contributed by atoms with van der Waals surface area (Å²) in [7, 11) is 2.03. The second-order valence-corrected chi connectivity index (χ2v) is 4.90. The Morgan fingerprint density at radius 2 is 2.11 bits per heavy atom. The molecule has 6 nitrogen and oxygen atoms in total. The predicted molar refractivity (Wildman–Crippen MR) is 73.3 cm³/mol. The summed E-state index contributed by atoms with van der Waals surface area (Å²) >= 11 is 0. The Labute approximate surface area is 112 Å². The van der Waals surface area contributed by atoms with Crippen molar-refractivity contribution in [1.29, 1.82) is 0 Å². The summed E-state index contributed by atoms with van der Waals surface area (Å²) in [5.74, 6) is 1.91. The van der Waals surface area contributed by atoms with Crippen LogP contribution in [0.5, 0.6) is 0 Å². The molecular formula is C13H18N6. The number of anilines is 2. The van der Waals surface area contributed by atoms with E-state index in [2.05, 4.69) is 36.9 Å². The average molecular weight is 258 g/mol. The van der Waals surface area contributed by atoms with Gasteiger partial charge in [-0.05, 0) is 32.4 Å². The van der Waals surface area contributed by atoms with Crippen molar-refractivity contribution in [2.75, 3.05) is 12.4 Å². The number of nitrogens with one attached hydrogen (secondary N) is 3. The van der Waals surface area contributed by atoms with Gasteiger partial charge in [-0.3, -0.25) is 5.10 Å². The molecule has 2 atom stereocenters. The highest BCUT2D eigenvalue weighted by Crippen LogP contribution is 2.34. The zero-order chi connectivity index (χ0) is 13.1. The minimum absolute atomic E-state index is 0.567. The Balaban J connectivity index is 1.67. The number of aromatic amines is 1. The van der Waals surface area contributed by atoms with Crippen LogP contribution in [0.2, 0.25) is 0 Å². The molecule has 0 spiro atoms. The van der Waals surface area contributed by atoms with Crippen LogP contribution in [0.15, 0.2) is 24.5 Å². The van der Waals surface area contributed by atoms with E-state index in [0.717, 1.165) is 5.82 Å². The standard InChI is InChI=1S/C13H18N6/c1-14-10-4-3-9(7-10)11-8-12(19-18-11)17-13-15-5-2-6-16-13/h2,5-6,8-10,14H,3-4,7H2,1H3,(H2,15,16,17,18,19). The Morgan fingerprint density at radius 3 is 2.84 bits per heavy atom. The molecule has 0 radical (unpaired) electrons. The van der Waals surface area contributed by atoms with Crippen LogP contribution in [0.1, 0.15) is 30.9 Å². The summed E-state index contributed by atoms with van der Waals surface area (Å²) in [6.45, 7) is 0. The first-order valence-corrected chi connectivity index (χ1v) is 6.62. The van der Waals surface area contributed by atoms with Crippen molar-refractivity contribution in [2.24, 2.45) is 0 Å². The monoisotopic (exact) mass is 258 g/mol. The van der Waals surface area contributed by atoms with E-state index in [1.807, 2.05) is 7.05 Å². The molecule has 0 aliphatic heterocycles. The van der Waals surface area contributed by atoms with Gasteiger partial charge in [0.15, 0.2) is 5.82 Å². The number of H-pyrrole nitrogens is 1. The van der Waals surface area contributed by atoms with E-state index in [1.54, 1.807) is 18.5 Å². The Kier molecular flexibility index (Phi) is 3.41. The van der Waals surface area contributed by atoms with Gasteiger partial charge in [0.2, 0.25) is 5.95 Å². The summed E-state index contributed by atoms with van der Waals surface area (Å²) in [5.41, 5.74) is 1.19. The highest BCUT2D eigenvalue weighted by Gasteiger charge is 2.26. The number of rotatable bonds is 4. The molecule has 2 heterocycles. The molecule has 1 aliphatic rings. The lowest BCUT2D eigenvalue weighted by Gasteiger charge is -2.08. The first kappa shape index (κ1) is 12.1. The smallest absolute Gasteiger partial charge is 0.228 e. The van der Waals surface area contributed by atoms with E-state index in [9.17, 15) is 0 Å². The summed E-state index contributed by atoms with van der Waals surface area (Å²) in [6, 6.07) is 4.47. The normalized spacial score (nSPS) is 22.6. The molecule has 0 aromatic carbocycles. The topological polar surface area (TPSA) is 78.5 Å². The molecule has 0 saturated heterocycles. The van der Waals surface area contributed by atoms with E-state index in [0.29, 0.717) is 17.9 Å². The maximum absolute atomic E-state index is 4.27. The molecule has 2 unspecified atom stereocenters. The van der Waals surface area contributed by atoms with E-state index >= 15 is 0 Å². The van der Waals surface area contributed by atoms with Gasteiger partial charge in [0.05, 0.1) is 0 Å². The highest BCUT2D eigenvalue weighted by atomic mass is 15.2. The van der Waals surface area contributed by atoms with Gasteiger partial charge in [-0.15, -0.1) is 0 Å². The van der Waals surface area contributed by atoms with E-state index < -0.39 is 0 Å². The molecule has 1 aliphatic carbocycles. The minimum atomic E-state index is 0.567. The Bertz CT molecular complexity index is 523. The van der Waals surface area contributed by atoms with E-state index in [4.69, 9.17) is 0 Å². The maximum Gasteiger partial charge on any atom is 0.228 e. The fraction of sp³-hybridized carbons (Fsp3) is 0.462.